The van der Waals surface area contributed by atoms with Gasteiger partial charge in [0.15, 0.2) is 0 Å². The molecule has 0 bridgehead atoms. The highest BCUT2D eigenvalue weighted by atomic mass is 16.5. The van der Waals surface area contributed by atoms with E-state index in [0.717, 1.165) is 22.6 Å². The molecule has 0 atom stereocenters. The van der Waals surface area contributed by atoms with E-state index in [9.17, 15) is 4.79 Å². The molecule has 1 N–H and O–H groups in total. The third-order valence-corrected chi connectivity index (χ3v) is 3.74. The molecule has 0 unspecified atom stereocenters. The van der Waals surface area contributed by atoms with Gasteiger partial charge in [-0.2, -0.15) is 0 Å². The molecule has 1 aromatic carbocycles. The lowest BCUT2D eigenvalue weighted by Gasteiger charge is -2.03. The van der Waals surface area contributed by atoms with E-state index < -0.39 is 0 Å². The Hall–Kier alpha value is -3.09. The Kier molecular flexibility index (Phi) is 4.83. The second kappa shape index (κ2) is 7.21. The van der Waals surface area contributed by atoms with Crippen molar-refractivity contribution in [2.24, 2.45) is 0 Å². The zero-order valence-corrected chi connectivity index (χ0v) is 14.3. The molecule has 0 fully saturated rings. The molecule has 2 aromatic heterocycles. The van der Waals surface area contributed by atoms with Crippen LogP contribution in [0.5, 0.6) is 5.75 Å². The molecule has 25 heavy (non-hydrogen) atoms. The van der Waals surface area contributed by atoms with Crippen LogP contribution < -0.4 is 10.1 Å². The van der Waals surface area contributed by atoms with Gasteiger partial charge in [-0.3, -0.25) is 10.1 Å². The molecule has 3 rings (SSSR count). The maximum atomic E-state index is 12.0. The van der Waals surface area contributed by atoms with Crippen molar-refractivity contribution in [3.63, 3.8) is 0 Å². The minimum atomic E-state index is -0.189. The summed E-state index contributed by atoms with van der Waals surface area (Å²) in [6.07, 6.45) is 0.921. The fourth-order valence-corrected chi connectivity index (χ4v) is 2.46. The van der Waals surface area contributed by atoms with Gasteiger partial charge in [0.2, 0.25) is 5.91 Å². The number of nitrogens with zero attached hydrogens (tertiary/aromatic N) is 2. The summed E-state index contributed by atoms with van der Waals surface area (Å²) in [6, 6.07) is 9.49. The van der Waals surface area contributed by atoms with Crippen LogP contribution in [0.4, 0.5) is 6.01 Å². The SMILES string of the molecule is COc1ccc(CCC(=O)Nc2nnc(-c3cc(C)oc3C)o2)cc1. The highest BCUT2D eigenvalue weighted by molar-refractivity contribution is 5.88. The van der Waals surface area contributed by atoms with Crippen molar-refractivity contribution in [2.45, 2.75) is 26.7 Å². The Labute approximate surface area is 145 Å². The van der Waals surface area contributed by atoms with Crippen molar-refractivity contribution in [1.82, 2.24) is 10.2 Å². The van der Waals surface area contributed by atoms with Crippen LogP contribution >= 0.6 is 0 Å². The average Bonchev–Trinajstić information content (AvgIpc) is 3.19. The minimum absolute atomic E-state index is 0.0768. The number of aryl methyl sites for hydroxylation is 3. The third-order valence-electron chi connectivity index (χ3n) is 3.74. The van der Waals surface area contributed by atoms with Crippen molar-refractivity contribution in [1.29, 1.82) is 0 Å². The van der Waals surface area contributed by atoms with Crippen LogP contribution in [0.15, 0.2) is 39.2 Å². The summed E-state index contributed by atoms with van der Waals surface area (Å²) in [5.41, 5.74) is 1.77. The van der Waals surface area contributed by atoms with Gasteiger partial charge in [-0.25, -0.2) is 0 Å². The lowest BCUT2D eigenvalue weighted by Crippen LogP contribution is -2.12. The summed E-state index contributed by atoms with van der Waals surface area (Å²) in [5.74, 6) is 2.37. The highest BCUT2D eigenvalue weighted by Crippen LogP contribution is 2.26. The number of methoxy groups -OCH3 is 1. The van der Waals surface area contributed by atoms with Gasteiger partial charge in [0, 0.05) is 6.42 Å². The lowest BCUT2D eigenvalue weighted by atomic mass is 10.1. The summed E-state index contributed by atoms with van der Waals surface area (Å²) in [4.78, 5) is 12.0. The number of hydrogen-bond acceptors (Lipinski definition) is 6. The summed E-state index contributed by atoms with van der Waals surface area (Å²) < 4.78 is 16.0. The van der Waals surface area contributed by atoms with E-state index in [2.05, 4.69) is 15.5 Å². The Morgan fingerprint density at radius 2 is 1.92 bits per heavy atom. The van der Waals surface area contributed by atoms with E-state index in [1.165, 1.54) is 0 Å². The van der Waals surface area contributed by atoms with Crippen LogP contribution in [0.25, 0.3) is 11.5 Å². The standard InChI is InChI=1S/C18H19N3O4/c1-11-10-15(12(2)24-11)17-20-21-18(25-17)19-16(22)9-6-13-4-7-14(23-3)8-5-13/h4-5,7-8,10H,6,9H2,1-3H3,(H,19,21,22). The van der Waals surface area contributed by atoms with Crippen molar-refractivity contribution < 1.29 is 18.4 Å². The molecule has 0 spiro atoms. The first-order chi connectivity index (χ1) is 12.0. The largest absolute Gasteiger partial charge is 0.497 e. The predicted octanol–water partition coefficient (Wildman–Crippen LogP) is 3.53. The van der Waals surface area contributed by atoms with E-state index in [-0.39, 0.29) is 11.9 Å². The Morgan fingerprint density at radius 3 is 2.56 bits per heavy atom. The molecule has 7 nitrogen and oxygen atoms in total. The number of carbonyl (C=O) groups excluding carboxylic acids is 1. The molecule has 1 amide bonds. The van der Waals surface area contributed by atoms with Gasteiger partial charge in [-0.15, -0.1) is 5.10 Å². The van der Waals surface area contributed by atoms with Crippen molar-refractivity contribution in [3.05, 3.63) is 47.4 Å². The van der Waals surface area contributed by atoms with Gasteiger partial charge in [0.25, 0.3) is 5.89 Å². The smallest absolute Gasteiger partial charge is 0.322 e. The van der Waals surface area contributed by atoms with Gasteiger partial charge in [0.1, 0.15) is 17.3 Å². The van der Waals surface area contributed by atoms with E-state index in [0.29, 0.717) is 24.5 Å². The van der Waals surface area contributed by atoms with Crippen LogP contribution in [0, 0.1) is 13.8 Å². The maximum absolute atomic E-state index is 12.0. The number of nitrogens with one attached hydrogen (secondary N) is 1. The number of rotatable bonds is 6. The minimum Gasteiger partial charge on any atom is -0.497 e. The number of aromatic nitrogens is 2. The number of ether oxygens (including phenoxy) is 1. The molecular formula is C18H19N3O4. The number of carbonyl (C=O) groups is 1. The lowest BCUT2D eigenvalue weighted by molar-refractivity contribution is -0.116. The number of hydrogen-bond donors (Lipinski definition) is 1. The normalized spacial score (nSPS) is 10.7. The zero-order valence-electron chi connectivity index (χ0n) is 14.3. The summed E-state index contributed by atoms with van der Waals surface area (Å²) in [5, 5.41) is 10.4. The number of benzene rings is 1. The monoisotopic (exact) mass is 341 g/mol. The molecule has 130 valence electrons. The van der Waals surface area contributed by atoms with Crippen molar-refractivity contribution in [2.75, 3.05) is 12.4 Å². The van der Waals surface area contributed by atoms with Crippen LogP contribution in [-0.2, 0) is 11.2 Å². The maximum Gasteiger partial charge on any atom is 0.322 e. The van der Waals surface area contributed by atoms with E-state index in [1.54, 1.807) is 7.11 Å². The van der Waals surface area contributed by atoms with Gasteiger partial charge >= 0.3 is 6.01 Å². The summed E-state index contributed by atoms with van der Waals surface area (Å²) in [7, 11) is 1.62. The number of amides is 1. The molecule has 0 saturated carbocycles. The van der Waals surface area contributed by atoms with Crippen LogP contribution in [-0.4, -0.2) is 23.2 Å². The quantitative estimate of drug-likeness (QED) is 0.737. The fraction of sp³-hybridized carbons (Fsp3) is 0.278. The van der Waals surface area contributed by atoms with Crippen LogP contribution in [0.3, 0.4) is 0 Å². The summed E-state index contributed by atoms with van der Waals surface area (Å²) >= 11 is 0. The first kappa shape index (κ1) is 16.8. The summed E-state index contributed by atoms with van der Waals surface area (Å²) in [6.45, 7) is 3.66. The van der Waals surface area contributed by atoms with Crippen molar-refractivity contribution in [3.8, 4) is 17.2 Å². The van der Waals surface area contributed by atoms with Crippen molar-refractivity contribution >= 4 is 11.9 Å². The molecule has 0 aliphatic carbocycles. The molecule has 2 heterocycles. The van der Waals surface area contributed by atoms with Gasteiger partial charge in [0.05, 0.1) is 12.7 Å². The van der Waals surface area contributed by atoms with E-state index >= 15 is 0 Å². The molecule has 0 saturated heterocycles. The molecular weight excluding hydrogens is 322 g/mol. The third kappa shape index (κ3) is 4.06. The predicted molar refractivity (Wildman–Crippen MR) is 91.4 cm³/mol. The first-order valence-electron chi connectivity index (χ1n) is 7.89. The van der Waals surface area contributed by atoms with Crippen LogP contribution in [0.1, 0.15) is 23.5 Å². The Bertz CT molecular complexity index is 865. The van der Waals surface area contributed by atoms with Gasteiger partial charge in [-0.05, 0) is 44.0 Å². The second-order valence-electron chi connectivity index (χ2n) is 5.64. The van der Waals surface area contributed by atoms with E-state index in [1.807, 2.05) is 44.2 Å². The fourth-order valence-electron chi connectivity index (χ4n) is 2.46. The van der Waals surface area contributed by atoms with Crippen LogP contribution in [0.2, 0.25) is 0 Å². The number of anilines is 1. The number of furan rings is 1. The van der Waals surface area contributed by atoms with E-state index in [4.69, 9.17) is 13.6 Å². The second-order valence-corrected chi connectivity index (χ2v) is 5.64. The highest BCUT2D eigenvalue weighted by Gasteiger charge is 2.15. The molecule has 0 aliphatic rings. The Balaban J connectivity index is 1.57. The average molecular weight is 341 g/mol. The van der Waals surface area contributed by atoms with Gasteiger partial charge in [-0.1, -0.05) is 17.2 Å². The molecule has 0 radical (unpaired) electrons. The molecule has 0 aliphatic heterocycles. The Morgan fingerprint density at radius 1 is 1.16 bits per heavy atom. The first-order valence-corrected chi connectivity index (χ1v) is 7.89. The molecule has 7 heteroatoms. The zero-order chi connectivity index (χ0) is 17.8. The molecule has 3 aromatic rings. The van der Waals surface area contributed by atoms with Gasteiger partial charge < -0.3 is 13.6 Å². The topological polar surface area (TPSA) is 90.4 Å².